The van der Waals surface area contributed by atoms with Gasteiger partial charge in [-0.15, -0.1) is 0 Å². The van der Waals surface area contributed by atoms with E-state index in [2.05, 4.69) is 16.9 Å². The Morgan fingerprint density at radius 2 is 1.48 bits per heavy atom. The summed E-state index contributed by atoms with van der Waals surface area (Å²) in [4.78, 5) is 24.7. The number of hydrogen-bond donors (Lipinski definition) is 0. The van der Waals surface area contributed by atoms with E-state index in [1.807, 2.05) is 42.5 Å². The van der Waals surface area contributed by atoms with Crippen LogP contribution in [-0.4, -0.2) is 25.0 Å². The largest absolute Gasteiger partial charge is 0.390 e. The Balaban J connectivity index is 1.89. The van der Waals surface area contributed by atoms with E-state index in [1.165, 1.54) is 5.56 Å². The number of morpholine rings is 1. The quantitative estimate of drug-likeness (QED) is 0.639. The molecule has 4 nitrogen and oxygen atoms in total. The van der Waals surface area contributed by atoms with Crippen molar-refractivity contribution in [3.8, 4) is 0 Å². The fraction of sp³-hybridized carbons (Fsp3) is 0.176. The van der Waals surface area contributed by atoms with Crippen LogP contribution in [0.15, 0.2) is 54.6 Å². The first-order valence-electron chi connectivity index (χ1n) is 6.82. The number of carbonyl (C=O) groups is 2. The zero-order valence-electron chi connectivity index (χ0n) is 11.5. The number of ether oxygens (including phenoxy) is 1. The lowest BCUT2D eigenvalue weighted by Gasteiger charge is -2.28. The van der Waals surface area contributed by atoms with Gasteiger partial charge < -0.3 is 9.64 Å². The summed E-state index contributed by atoms with van der Waals surface area (Å²) >= 11 is 0. The summed E-state index contributed by atoms with van der Waals surface area (Å²) in [6.07, 6.45) is 0.761. The summed E-state index contributed by atoms with van der Waals surface area (Å²) in [5, 5.41) is 0. The number of anilines is 1. The predicted molar refractivity (Wildman–Crippen MR) is 79.0 cm³/mol. The number of hydrogen-bond acceptors (Lipinski definition) is 4. The van der Waals surface area contributed by atoms with Gasteiger partial charge in [-0.2, -0.15) is 0 Å². The van der Waals surface area contributed by atoms with Gasteiger partial charge in [-0.3, -0.25) is 0 Å². The van der Waals surface area contributed by atoms with Crippen molar-refractivity contribution in [2.75, 3.05) is 18.0 Å². The normalized spacial score (nSPS) is 15.0. The second kappa shape index (κ2) is 5.79. The van der Waals surface area contributed by atoms with Crippen molar-refractivity contribution in [2.24, 2.45) is 0 Å². The fourth-order valence-electron chi connectivity index (χ4n) is 2.51. The maximum Gasteiger partial charge on any atom is 0.333 e. The molecule has 0 amide bonds. The molecule has 1 aliphatic rings. The summed E-state index contributed by atoms with van der Waals surface area (Å²) < 4.78 is 4.58. The van der Waals surface area contributed by atoms with Gasteiger partial charge in [-0.1, -0.05) is 48.5 Å². The third-order valence-electron chi connectivity index (χ3n) is 3.44. The average molecular weight is 281 g/mol. The number of benzene rings is 2. The molecule has 1 aliphatic heterocycles. The van der Waals surface area contributed by atoms with Crippen molar-refractivity contribution >= 4 is 17.6 Å². The molecule has 0 atom stereocenters. The molecule has 0 saturated carbocycles. The van der Waals surface area contributed by atoms with Gasteiger partial charge in [-0.05, 0) is 23.6 Å². The molecule has 0 N–H and O–H groups in total. The number of para-hydroxylation sites is 1. The maximum absolute atomic E-state index is 11.4. The molecule has 1 heterocycles. The number of cyclic esters (lactones) is 2. The van der Waals surface area contributed by atoms with E-state index >= 15 is 0 Å². The molecule has 0 bridgehead atoms. The van der Waals surface area contributed by atoms with Crippen LogP contribution in [0.2, 0.25) is 0 Å². The Hall–Kier alpha value is -2.62. The van der Waals surface area contributed by atoms with Gasteiger partial charge in [0.1, 0.15) is 13.1 Å². The number of carbonyl (C=O) groups excluding carboxylic acids is 2. The van der Waals surface area contributed by atoms with Crippen LogP contribution in [0.1, 0.15) is 11.1 Å². The minimum atomic E-state index is -0.499. The monoisotopic (exact) mass is 281 g/mol. The van der Waals surface area contributed by atoms with Gasteiger partial charge >= 0.3 is 11.9 Å². The Morgan fingerprint density at radius 3 is 2.19 bits per heavy atom. The van der Waals surface area contributed by atoms with Crippen LogP contribution in [0.4, 0.5) is 5.69 Å². The molecule has 1 saturated heterocycles. The van der Waals surface area contributed by atoms with Gasteiger partial charge in [0.05, 0.1) is 0 Å². The minimum absolute atomic E-state index is 0.109. The van der Waals surface area contributed by atoms with E-state index in [9.17, 15) is 9.59 Å². The van der Waals surface area contributed by atoms with Crippen LogP contribution in [-0.2, 0) is 20.7 Å². The molecular weight excluding hydrogens is 266 g/mol. The lowest BCUT2D eigenvalue weighted by molar-refractivity contribution is -0.160. The number of nitrogens with zero attached hydrogens (tertiary/aromatic N) is 1. The Bertz CT molecular complexity index is 651. The van der Waals surface area contributed by atoms with Crippen LogP contribution in [0.25, 0.3) is 0 Å². The lowest BCUT2D eigenvalue weighted by atomic mass is 10.0. The summed E-state index contributed by atoms with van der Waals surface area (Å²) in [6.45, 7) is 0.217. The topological polar surface area (TPSA) is 46.6 Å². The highest BCUT2D eigenvalue weighted by Gasteiger charge is 2.26. The van der Waals surface area contributed by atoms with E-state index in [0.29, 0.717) is 0 Å². The number of esters is 2. The molecule has 0 unspecified atom stereocenters. The van der Waals surface area contributed by atoms with Gasteiger partial charge in [0, 0.05) is 5.69 Å². The van der Waals surface area contributed by atoms with Crippen molar-refractivity contribution in [1.82, 2.24) is 0 Å². The first-order valence-corrected chi connectivity index (χ1v) is 6.82. The molecule has 2 aromatic rings. The third-order valence-corrected chi connectivity index (χ3v) is 3.44. The van der Waals surface area contributed by atoms with E-state index in [0.717, 1.165) is 17.7 Å². The van der Waals surface area contributed by atoms with E-state index in [-0.39, 0.29) is 13.1 Å². The van der Waals surface area contributed by atoms with Crippen molar-refractivity contribution in [1.29, 1.82) is 0 Å². The highest BCUT2D eigenvalue weighted by Crippen LogP contribution is 2.24. The van der Waals surface area contributed by atoms with Crippen LogP contribution in [0.3, 0.4) is 0 Å². The molecule has 0 aromatic heterocycles. The Kier molecular flexibility index (Phi) is 3.69. The van der Waals surface area contributed by atoms with Crippen LogP contribution in [0.5, 0.6) is 0 Å². The minimum Gasteiger partial charge on any atom is -0.390 e. The zero-order chi connectivity index (χ0) is 14.7. The Labute approximate surface area is 123 Å². The van der Waals surface area contributed by atoms with Gasteiger partial charge in [-0.25, -0.2) is 9.59 Å². The van der Waals surface area contributed by atoms with E-state index < -0.39 is 11.9 Å². The molecule has 0 spiro atoms. The summed E-state index contributed by atoms with van der Waals surface area (Å²) in [5.41, 5.74) is 3.19. The number of rotatable bonds is 3. The molecular formula is C17H15NO3. The fourth-order valence-corrected chi connectivity index (χ4v) is 2.51. The third kappa shape index (κ3) is 3.11. The summed E-state index contributed by atoms with van der Waals surface area (Å²) in [7, 11) is 0. The van der Waals surface area contributed by atoms with Crippen molar-refractivity contribution in [3.05, 3.63) is 65.7 Å². The molecule has 106 valence electrons. The molecule has 4 heteroatoms. The zero-order valence-corrected chi connectivity index (χ0v) is 11.5. The van der Waals surface area contributed by atoms with Gasteiger partial charge in [0.25, 0.3) is 0 Å². The maximum atomic E-state index is 11.4. The second-order valence-electron chi connectivity index (χ2n) is 4.99. The van der Waals surface area contributed by atoms with Crippen LogP contribution >= 0.6 is 0 Å². The lowest BCUT2D eigenvalue weighted by Crippen LogP contribution is -2.43. The molecule has 1 fully saturated rings. The highest BCUT2D eigenvalue weighted by atomic mass is 16.6. The standard InChI is InChI=1S/C17H15NO3/c19-16-11-18(12-17(20)21-16)15-9-5-4-8-14(15)10-13-6-2-1-3-7-13/h1-9H,10-12H2. The first kappa shape index (κ1) is 13.4. The predicted octanol–water partition coefficient (Wildman–Crippen LogP) is 2.17. The molecule has 2 aromatic carbocycles. The van der Waals surface area contributed by atoms with Crippen LogP contribution < -0.4 is 4.90 Å². The SMILES string of the molecule is O=C1CN(c2ccccc2Cc2ccccc2)CC(=O)O1. The molecule has 0 aliphatic carbocycles. The highest BCUT2D eigenvalue weighted by molar-refractivity contribution is 5.94. The van der Waals surface area contributed by atoms with Crippen molar-refractivity contribution < 1.29 is 14.3 Å². The summed E-state index contributed by atoms with van der Waals surface area (Å²) in [5.74, 6) is -0.999. The van der Waals surface area contributed by atoms with E-state index in [4.69, 9.17) is 0 Å². The van der Waals surface area contributed by atoms with Crippen LogP contribution in [0, 0.1) is 0 Å². The average Bonchev–Trinajstić information content (AvgIpc) is 2.48. The molecule has 21 heavy (non-hydrogen) atoms. The molecule has 3 rings (SSSR count). The van der Waals surface area contributed by atoms with Gasteiger partial charge in [0.15, 0.2) is 0 Å². The van der Waals surface area contributed by atoms with Gasteiger partial charge in [0.2, 0.25) is 0 Å². The Morgan fingerprint density at radius 1 is 0.857 bits per heavy atom. The van der Waals surface area contributed by atoms with Crippen molar-refractivity contribution in [3.63, 3.8) is 0 Å². The van der Waals surface area contributed by atoms with E-state index in [1.54, 1.807) is 4.90 Å². The first-order chi connectivity index (χ1) is 10.2. The second-order valence-corrected chi connectivity index (χ2v) is 4.99. The van der Waals surface area contributed by atoms with Crippen molar-refractivity contribution in [2.45, 2.75) is 6.42 Å². The summed E-state index contributed by atoms with van der Waals surface area (Å²) in [6, 6.07) is 17.9. The smallest absolute Gasteiger partial charge is 0.333 e. The molecule has 0 radical (unpaired) electrons.